The Hall–Kier alpha value is -0.0800. The number of ether oxygens (including phenoxy) is 1. The monoisotopic (exact) mass is 237 g/mol. The summed E-state index contributed by atoms with van der Waals surface area (Å²) in [6.07, 6.45) is 12.7. The molecular formula is C15H27NO. The molecule has 2 heteroatoms. The van der Waals surface area contributed by atoms with Crippen molar-refractivity contribution in [3.63, 3.8) is 0 Å². The molecule has 3 rings (SSSR count). The molecule has 1 heterocycles. The van der Waals surface area contributed by atoms with Crippen LogP contribution in [0.4, 0.5) is 0 Å². The van der Waals surface area contributed by atoms with Crippen LogP contribution in [0, 0.1) is 17.8 Å². The minimum atomic E-state index is 0.434. The zero-order valence-electron chi connectivity index (χ0n) is 10.9. The molecule has 2 bridgehead atoms. The Balaban J connectivity index is 1.36. The third kappa shape index (κ3) is 2.85. The topological polar surface area (TPSA) is 35.2 Å². The molecular weight excluding hydrogens is 210 g/mol. The standard InChI is InChI=1S/C15H27NO/c16-14(5-6-15-2-1-7-17-15)10-13-9-11-3-4-12(13)8-11/h11-15H,1-10,16H2. The summed E-state index contributed by atoms with van der Waals surface area (Å²) in [4.78, 5) is 0. The van der Waals surface area contributed by atoms with Gasteiger partial charge in [0.05, 0.1) is 6.10 Å². The lowest BCUT2D eigenvalue weighted by molar-refractivity contribution is 0.0995. The van der Waals surface area contributed by atoms with Crippen molar-refractivity contribution in [2.45, 2.75) is 69.9 Å². The summed E-state index contributed by atoms with van der Waals surface area (Å²) in [5.74, 6) is 3.07. The molecule has 0 spiro atoms. The molecule has 1 aliphatic heterocycles. The molecule has 2 N–H and O–H groups in total. The Morgan fingerprint density at radius 1 is 1.18 bits per heavy atom. The second-order valence-corrected chi connectivity index (χ2v) is 6.64. The number of hydrogen-bond donors (Lipinski definition) is 1. The highest BCUT2D eigenvalue weighted by molar-refractivity contribution is 4.91. The van der Waals surface area contributed by atoms with Crippen molar-refractivity contribution in [1.82, 2.24) is 0 Å². The van der Waals surface area contributed by atoms with E-state index >= 15 is 0 Å². The van der Waals surface area contributed by atoms with E-state index in [0.29, 0.717) is 12.1 Å². The Kier molecular flexibility index (Phi) is 3.72. The predicted octanol–water partition coefficient (Wildman–Crippen LogP) is 3.10. The first-order valence-corrected chi connectivity index (χ1v) is 7.68. The Bertz CT molecular complexity index is 249. The highest BCUT2D eigenvalue weighted by Gasteiger charge is 2.39. The van der Waals surface area contributed by atoms with Crippen molar-refractivity contribution < 1.29 is 4.74 Å². The molecule has 5 atom stereocenters. The molecule has 2 saturated carbocycles. The Labute approximate surface area is 105 Å². The molecule has 5 unspecified atom stereocenters. The average molecular weight is 237 g/mol. The van der Waals surface area contributed by atoms with E-state index in [1.54, 1.807) is 0 Å². The first kappa shape index (κ1) is 12.0. The van der Waals surface area contributed by atoms with Crippen LogP contribution in [-0.2, 0) is 4.74 Å². The lowest BCUT2D eigenvalue weighted by atomic mass is 9.83. The van der Waals surface area contributed by atoms with Gasteiger partial charge in [-0.15, -0.1) is 0 Å². The van der Waals surface area contributed by atoms with Crippen LogP contribution in [0.25, 0.3) is 0 Å². The van der Waals surface area contributed by atoms with Gasteiger partial charge in [-0.25, -0.2) is 0 Å². The minimum Gasteiger partial charge on any atom is -0.378 e. The van der Waals surface area contributed by atoms with Crippen LogP contribution < -0.4 is 5.73 Å². The second kappa shape index (κ2) is 5.27. The molecule has 17 heavy (non-hydrogen) atoms. The van der Waals surface area contributed by atoms with Gasteiger partial charge in [0.1, 0.15) is 0 Å². The van der Waals surface area contributed by atoms with E-state index in [4.69, 9.17) is 10.5 Å². The fraction of sp³-hybridized carbons (Fsp3) is 1.00. The lowest BCUT2D eigenvalue weighted by Gasteiger charge is -2.25. The number of hydrogen-bond acceptors (Lipinski definition) is 2. The Morgan fingerprint density at radius 2 is 2.12 bits per heavy atom. The van der Waals surface area contributed by atoms with Gasteiger partial charge >= 0.3 is 0 Å². The summed E-state index contributed by atoms with van der Waals surface area (Å²) in [5.41, 5.74) is 6.31. The fourth-order valence-corrected chi connectivity index (χ4v) is 4.44. The van der Waals surface area contributed by atoms with Gasteiger partial charge in [-0.3, -0.25) is 0 Å². The van der Waals surface area contributed by atoms with Crippen molar-refractivity contribution in [2.24, 2.45) is 23.5 Å². The van der Waals surface area contributed by atoms with Gasteiger partial charge in [0, 0.05) is 12.6 Å². The molecule has 2 aliphatic carbocycles. The largest absolute Gasteiger partial charge is 0.378 e. The van der Waals surface area contributed by atoms with E-state index in [0.717, 1.165) is 24.4 Å². The van der Waals surface area contributed by atoms with Gasteiger partial charge in [-0.05, 0) is 69.1 Å². The van der Waals surface area contributed by atoms with Crippen molar-refractivity contribution in [3.8, 4) is 0 Å². The number of fused-ring (bicyclic) bond motifs is 2. The third-order valence-electron chi connectivity index (χ3n) is 5.37. The van der Waals surface area contributed by atoms with Gasteiger partial charge < -0.3 is 10.5 Å². The molecule has 0 aromatic rings. The molecule has 0 amide bonds. The lowest BCUT2D eigenvalue weighted by Crippen LogP contribution is -2.27. The average Bonchev–Trinajstić information content (AvgIpc) is 3.03. The van der Waals surface area contributed by atoms with Crippen molar-refractivity contribution in [3.05, 3.63) is 0 Å². The molecule has 3 aliphatic rings. The van der Waals surface area contributed by atoms with Gasteiger partial charge in [-0.1, -0.05) is 6.42 Å². The molecule has 2 nitrogen and oxygen atoms in total. The summed E-state index contributed by atoms with van der Waals surface area (Å²) in [5, 5.41) is 0. The maximum atomic E-state index is 6.31. The first-order chi connectivity index (χ1) is 8.31. The molecule has 0 aromatic carbocycles. The van der Waals surface area contributed by atoms with E-state index in [9.17, 15) is 0 Å². The Morgan fingerprint density at radius 3 is 2.76 bits per heavy atom. The summed E-state index contributed by atoms with van der Waals surface area (Å²) >= 11 is 0. The third-order valence-corrected chi connectivity index (χ3v) is 5.37. The first-order valence-electron chi connectivity index (χ1n) is 7.68. The van der Waals surface area contributed by atoms with Gasteiger partial charge in [0.15, 0.2) is 0 Å². The SMILES string of the molecule is NC(CCC1CCCO1)CC1CC2CCC1C2. The number of rotatable bonds is 5. The van der Waals surface area contributed by atoms with Crippen LogP contribution in [0.3, 0.4) is 0 Å². The summed E-state index contributed by atoms with van der Waals surface area (Å²) in [6, 6.07) is 0.434. The van der Waals surface area contributed by atoms with Crippen LogP contribution in [0.2, 0.25) is 0 Å². The second-order valence-electron chi connectivity index (χ2n) is 6.64. The van der Waals surface area contributed by atoms with Crippen LogP contribution in [0.15, 0.2) is 0 Å². The smallest absolute Gasteiger partial charge is 0.0576 e. The van der Waals surface area contributed by atoms with Gasteiger partial charge in [0.2, 0.25) is 0 Å². The van der Waals surface area contributed by atoms with Gasteiger partial charge in [0.25, 0.3) is 0 Å². The molecule has 0 aromatic heterocycles. The van der Waals surface area contributed by atoms with Crippen molar-refractivity contribution in [1.29, 1.82) is 0 Å². The van der Waals surface area contributed by atoms with Crippen LogP contribution >= 0.6 is 0 Å². The van der Waals surface area contributed by atoms with Crippen LogP contribution in [-0.4, -0.2) is 18.8 Å². The minimum absolute atomic E-state index is 0.434. The van der Waals surface area contributed by atoms with E-state index in [-0.39, 0.29) is 0 Å². The van der Waals surface area contributed by atoms with Crippen molar-refractivity contribution >= 4 is 0 Å². The highest BCUT2D eigenvalue weighted by atomic mass is 16.5. The highest BCUT2D eigenvalue weighted by Crippen LogP contribution is 2.49. The van der Waals surface area contributed by atoms with Gasteiger partial charge in [-0.2, -0.15) is 0 Å². The fourth-order valence-electron chi connectivity index (χ4n) is 4.44. The molecule has 98 valence electrons. The molecule has 1 saturated heterocycles. The molecule has 3 fully saturated rings. The maximum Gasteiger partial charge on any atom is 0.0576 e. The van der Waals surface area contributed by atoms with E-state index in [1.165, 1.54) is 57.8 Å². The quantitative estimate of drug-likeness (QED) is 0.797. The number of nitrogens with two attached hydrogens (primary N) is 1. The van der Waals surface area contributed by atoms with Crippen LogP contribution in [0.5, 0.6) is 0 Å². The van der Waals surface area contributed by atoms with E-state index in [2.05, 4.69) is 0 Å². The van der Waals surface area contributed by atoms with E-state index in [1.807, 2.05) is 0 Å². The summed E-state index contributed by atoms with van der Waals surface area (Å²) in [6.45, 7) is 0.978. The molecule has 0 radical (unpaired) electrons. The summed E-state index contributed by atoms with van der Waals surface area (Å²) in [7, 11) is 0. The predicted molar refractivity (Wildman–Crippen MR) is 69.7 cm³/mol. The van der Waals surface area contributed by atoms with Crippen LogP contribution in [0.1, 0.15) is 57.8 Å². The van der Waals surface area contributed by atoms with E-state index < -0.39 is 0 Å². The maximum absolute atomic E-state index is 6.31. The van der Waals surface area contributed by atoms with Crippen molar-refractivity contribution in [2.75, 3.05) is 6.61 Å². The normalized spacial score (nSPS) is 42.2. The summed E-state index contributed by atoms with van der Waals surface area (Å²) < 4.78 is 5.67. The zero-order chi connectivity index (χ0) is 11.7. The zero-order valence-corrected chi connectivity index (χ0v) is 10.9.